The van der Waals surface area contributed by atoms with Gasteiger partial charge in [0.05, 0.1) is 9.50 Å². The molecule has 1 saturated heterocycles. The van der Waals surface area contributed by atoms with Crippen molar-refractivity contribution in [2.24, 2.45) is 5.92 Å². The second-order valence-electron chi connectivity index (χ2n) is 5.73. The summed E-state index contributed by atoms with van der Waals surface area (Å²) in [6.07, 6.45) is 1.03. The molecule has 0 aliphatic carbocycles. The molecule has 0 radical (unpaired) electrons. The average Bonchev–Trinajstić information content (AvgIpc) is 2.44. The Bertz CT molecular complexity index is 461. The van der Waals surface area contributed by atoms with Crippen molar-refractivity contribution in [2.75, 3.05) is 26.2 Å². The molecular formula is C15H22BrClN2O. The molecule has 3 nitrogen and oxygen atoms in total. The standard InChI is InChI=1S/C15H22BrClN2O/c1-10(2)9-13(19-7-5-18-6-8-19)11-3-4-12(17)14(16)15(11)20/h3-4,10,13,18,20H,5-9H2,1-2H3/t13-/m1/s1. The second-order valence-corrected chi connectivity index (χ2v) is 6.93. The van der Waals surface area contributed by atoms with Crippen LogP contribution < -0.4 is 5.32 Å². The number of piperazine rings is 1. The number of benzene rings is 1. The lowest BCUT2D eigenvalue weighted by atomic mass is 9.94. The Hall–Kier alpha value is -0.290. The van der Waals surface area contributed by atoms with E-state index >= 15 is 0 Å². The van der Waals surface area contributed by atoms with E-state index in [0.29, 0.717) is 15.4 Å². The Balaban J connectivity index is 2.32. The van der Waals surface area contributed by atoms with Gasteiger partial charge in [0.25, 0.3) is 0 Å². The predicted molar refractivity (Wildman–Crippen MR) is 87.5 cm³/mol. The third-order valence-electron chi connectivity index (χ3n) is 3.75. The van der Waals surface area contributed by atoms with Crippen molar-refractivity contribution in [3.63, 3.8) is 0 Å². The van der Waals surface area contributed by atoms with Crippen LogP contribution in [-0.4, -0.2) is 36.2 Å². The third-order valence-corrected chi connectivity index (χ3v) is 5.09. The minimum Gasteiger partial charge on any atom is -0.506 e. The lowest BCUT2D eigenvalue weighted by molar-refractivity contribution is 0.151. The topological polar surface area (TPSA) is 35.5 Å². The average molecular weight is 362 g/mol. The van der Waals surface area contributed by atoms with Gasteiger partial charge < -0.3 is 10.4 Å². The van der Waals surface area contributed by atoms with Crippen LogP contribution in [0.15, 0.2) is 16.6 Å². The number of nitrogens with zero attached hydrogens (tertiary/aromatic N) is 1. The maximum atomic E-state index is 10.4. The Kier molecular flexibility index (Phi) is 5.73. The predicted octanol–water partition coefficient (Wildman–Crippen LogP) is 3.80. The monoisotopic (exact) mass is 360 g/mol. The van der Waals surface area contributed by atoms with E-state index in [1.807, 2.05) is 12.1 Å². The molecule has 0 bridgehead atoms. The quantitative estimate of drug-likeness (QED) is 0.856. The van der Waals surface area contributed by atoms with Gasteiger partial charge in [0.1, 0.15) is 5.75 Å². The van der Waals surface area contributed by atoms with Crippen molar-refractivity contribution in [2.45, 2.75) is 26.3 Å². The van der Waals surface area contributed by atoms with Crippen LogP contribution in [0.3, 0.4) is 0 Å². The van der Waals surface area contributed by atoms with Crippen molar-refractivity contribution in [1.82, 2.24) is 10.2 Å². The first-order valence-electron chi connectivity index (χ1n) is 7.12. The highest BCUT2D eigenvalue weighted by Gasteiger charge is 2.26. The van der Waals surface area contributed by atoms with Gasteiger partial charge in [-0.15, -0.1) is 0 Å². The summed E-state index contributed by atoms with van der Waals surface area (Å²) in [7, 11) is 0. The van der Waals surface area contributed by atoms with Crippen molar-refractivity contribution in [3.05, 3.63) is 27.2 Å². The zero-order valence-electron chi connectivity index (χ0n) is 12.0. The van der Waals surface area contributed by atoms with E-state index in [4.69, 9.17) is 11.6 Å². The van der Waals surface area contributed by atoms with E-state index in [2.05, 4.69) is 40.0 Å². The second kappa shape index (κ2) is 7.12. The van der Waals surface area contributed by atoms with Crippen LogP contribution in [0.4, 0.5) is 0 Å². The SMILES string of the molecule is CC(C)C[C@H](c1ccc(Cl)c(Br)c1O)N1CCNCC1. The normalized spacial score (nSPS) is 18.4. The molecule has 1 aromatic carbocycles. The number of phenols is 1. The van der Waals surface area contributed by atoms with Crippen LogP contribution in [0.2, 0.25) is 5.02 Å². The fraction of sp³-hybridized carbons (Fsp3) is 0.600. The van der Waals surface area contributed by atoms with Crippen LogP contribution in [-0.2, 0) is 0 Å². The van der Waals surface area contributed by atoms with E-state index in [1.54, 1.807) is 0 Å². The summed E-state index contributed by atoms with van der Waals surface area (Å²) in [5.74, 6) is 0.852. The molecule has 1 aliphatic heterocycles. The first-order chi connectivity index (χ1) is 9.50. The van der Waals surface area contributed by atoms with Gasteiger partial charge in [-0.2, -0.15) is 0 Å². The number of rotatable bonds is 4. The fourth-order valence-corrected chi connectivity index (χ4v) is 3.25. The number of phenolic OH excluding ortho intramolecular Hbond substituents is 1. The van der Waals surface area contributed by atoms with Crippen LogP contribution in [0.25, 0.3) is 0 Å². The van der Waals surface area contributed by atoms with Crippen LogP contribution in [0.5, 0.6) is 5.75 Å². The molecule has 0 unspecified atom stereocenters. The van der Waals surface area contributed by atoms with Crippen molar-refractivity contribution in [3.8, 4) is 5.75 Å². The highest BCUT2D eigenvalue weighted by atomic mass is 79.9. The number of aromatic hydroxyl groups is 1. The van der Waals surface area contributed by atoms with Gasteiger partial charge in [-0.3, -0.25) is 4.90 Å². The van der Waals surface area contributed by atoms with Crippen LogP contribution >= 0.6 is 27.5 Å². The van der Waals surface area contributed by atoms with Gasteiger partial charge in [-0.25, -0.2) is 0 Å². The molecule has 0 saturated carbocycles. The van der Waals surface area contributed by atoms with Gasteiger partial charge in [0.2, 0.25) is 0 Å². The highest BCUT2D eigenvalue weighted by Crippen LogP contribution is 2.41. The molecule has 2 rings (SSSR count). The van der Waals surface area contributed by atoms with Crippen molar-refractivity contribution >= 4 is 27.5 Å². The Morgan fingerprint density at radius 3 is 2.60 bits per heavy atom. The van der Waals surface area contributed by atoms with E-state index in [9.17, 15) is 5.11 Å². The van der Waals surface area contributed by atoms with Crippen molar-refractivity contribution < 1.29 is 5.11 Å². The first kappa shape index (κ1) is 16.1. The summed E-state index contributed by atoms with van der Waals surface area (Å²) in [6.45, 7) is 8.47. The zero-order chi connectivity index (χ0) is 14.7. The molecule has 1 aromatic rings. The molecule has 1 atom stereocenters. The number of halogens is 2. The molecule has 0 spiro atoms. The number of nitrogens with one attached hydrogen (secondary N) is 1. The molecule has 20 heavy (non-hydrogen) atoms. The fourth-order valence-electron chi connectivity index (χ4n) is 2.74. The molecule has 0 amide bonds. The van der Waals surface area contributed by atoms with E-state index < -0.39 is 0 Å². The van der Waals surface area contributed by atoms with Gasteiger partial charge in [0, 0.05) is 37.8 Å². The van der Waals surface area contributed by atoms with E-state index in [0.717, 1.165) is 38.2 Å². The molecule has 1 fully saturated rings. The molecule has 0 aromatic heterocycles. The van der Waals surface area contributed by atoms with E-state index in [1.165, 1.54) is 0 Å². The van der Waals surface area contributed by atoms with Crippen molar-refractivity contribution in [1.29, 1.82) is 0 Å². The highest BCUT2D eigenvalue weighted by molar-refractivity contribution is 9.10. The third kappa shape index (κ3) is 3.67. The van der Waals surface area contributed by atoms with Gasteiger partial charge in [0.15, 0.2) is 0 Å². The van der Waals surface area contributed by atoms with E-state index in [-0.39, 0.29) is 11.8 Å². The molecule has 1 heterocycles. The maximum Gasteiger partial charge on any atom is 0.136 e. The smallest absolute Gasteiger partial charge is 0.136 e. The summed E-state index contributed by atoms with van der Waals surface area (Å²) < 4.78 is 0.598. The number of hydrogen-bond acceptors (Lipinski definition) is 3. The minimum atomic E-state index is 0.241. The summed E-state index contributed by atoms with van der Waals surface area (Å²) in [5, 5.41) is 14.3. The zero-order valence-corrected chi connectivity index (χ0v) is 14.3. The Morgan fingerprint density at radius 1 is 1.35 bits per heavy atom. The van der Waals surface area contributed by atoms with Crippen LogP contribution in [0, 0.1) is 5.92 Å². The Morgan fingerprint density at radius 2 is 2.00 bits per heavy atom. The summed E-state index contributed by atoms with van der Waals surface area (Å²) in [4.78, 5) is 2.45. The minimum absolute atomic E-state index is 0.241. The number of hydrogen-bond donors (Lipinski definition) is 2. The summed E-state index contributed by atoms with van der Waals surface area (Å²) in [5.41, 5.74) is 0.969. The largest absolute Gasteiger partial charge is 0.506 e. The molecule has 1 aliphatic rings. The molecular weight excluding hydrogens is 340 g/mol. The first-order valence-corrected chi connectivity index (χ1v) is 8.29. The maximum absolute atomic E-state index is 10.4. The van der Waals surface area contributed by atoms with Gasteiger partial charge in [-0.05, 0) is 34.3 Å². The summed E-state index contributed by atoms with van der Waals surface area (Å²) in [6, 6.07) is 4.05. The van der Waals surface area contributed by atoms with Crippen LogP contribution in [0.1, 0.15) is 31.9 Å². The Labute approximate surface area is 134 Å². The molecule has 5 heteroatoms. The van der Waals surface area contributed by atoms with Gasteiger partial charge in [-0.1, -0.05) is 31.5 Å². The lowest BCUT2D eigenvalue weighted by Crippen LogP contribution is -2.45. The molecule has 112 valence electrons. The summed E-state index contributed by atoms with van der Waals surface area (Å²) >= 11 is 9.43. The lowest BCUT2D eigenvalue weighted by Gasteiger charge is -2.36. The van der Waals surface area contributed by atoms with Gasteiger partial charge >= 0.3 is 0 Å². The molecule has 2 N–H and O–H groups in total.